The van der Waals surface area contributed by atoms with E-state index in [0.29, 0.717) is 19.3 Å². The Kier molecular flexibility index (Phi) is 8.22. The zero-order valence-corrected chi connectivity index (χ0v) is 13.3. The molecule has 1 unspecified atom stereocenters. The average Bonchev–Trinajstić information content (AvgIpc) is 2.57. The van der Waals surface area contributed by atoms with E-state index in [4.69, 9.17) is 0 Å². The minimum Gasteiger partial charge on any atom is -0.469 e. The molecule has 5 nitrogen and oxygen atoms in total. The van der Waals surface area contributed by atoms with Crippen molar-refractivity contribution in [3.05, 3.63) is 35.9 Å². The number of aryl methyl sites for hydroxylation is 1. The van der Waals surface area contributed by atoms with E-state index in [1.807, 2.05) is 37.3 Å². The van der Waals surface area contributed by atoms with Gasteiger partial charge < -0.3 is 14.7 Å². The molecule has 0 radical (unpaired) electrons. The molecule has 0 aliphatic heterocycles. The Hall–Kier alpha value is -1.88. The third-order valence-electron chi connectivity index (χ3n) is 3.70. The minimum atomic E-state index is -0.353. The van der Waals surface area contributed by atoms with Gasteiger partial charge in [-0.25, -0.2) is 0 Å². The molecule has 0 aliphatic carbocycles. The van der Waals surface area contributed by atoms with Gasteiger partial charge in [0, 0.05) is 13.0 Å². The molecule has 1 amide bonds. The van der Waals surface area contributed by atoms with Crippen LogP contribution >= 0.6 is 0 Å². The smallest absolute Gasteiger partial charge is 0.307 e. The second-order valence-corrected chi connectivity index (χ2v) is 5.14. The molecule has 5 heteroatoms. The molecule has 0 saturated heterocycles. The number of hydrogen-bond acceptors (Lipinski definition) is 4. The van der Waals surface area contributed by atoms with Gasteiger partial charge >= 0.3 is 5.97 Å². The van der Waals surface area contributed by atoms with Crippen LogP contribution in [0.5, 0.6) is 0 Å². The quantitative estimate of drug-likeness (QED) is 0.706. The Balaban J connectivity index is 2.63. The van der Waals surface area contributed by atoms with Gasteiger partial charge in [0.25, 0.3) is 0 Å². The van der Waals surface area contributed by atoms with Crippen LogP contribution in [0.25, 0.3) is 0 Å². The number of carbonyl (C=O) groups is 2. The van der Waals surface area contributed by atoms with Crippen molar-refractivity contribution in [3.63, 3.8) is 0 Å². The molecule has 0 aromatic heterocycles. The number of aliphatic hydroxyl groups excluding tert-OH is 1. The first-order chi connectivity index (χ1) is 10.6. The summed E-state index contributed by atoms with van der Waals surface area (Å²) < 4.78 is 4.62. The van der Waals surface area contributed by atoms with Gasteiger partial charge in [0.2, 0.25) is 5.91 Å². The van der Waals surface area contributed by atoms with Crippen LogP contribution in [0.4, 0.5) is 0 Å². The maximum Gasteiger partial charge on any atom is 0.307 e. The second-order valence-electron chi connectivity index (χ2n) is 5.14. The summed E-state index contributed by atoms with van der Waals surface area (Å²) in [6.45, 7) is 2.09. The fourth-order valence-electron chi connectivity index (χ4n) is 2.31. The van der Waals surface area contributed by atoms with E-state index >= 15 is 0 Å². The van der Waals surface area contributed by atoms with Crippen molar-refractivity contribution < 1.29 is 19.4 Å². The van der Waals surface area contributed by atoms with Crippen LogP contribution < -0.4 is 0 Å². The summed E-state index contributed by atoms with van der Waals surface area (Å²) in [6.07, 6.45) is 1.80. The first-order valence-electron chi connectivity index (χ1n) is 7.63. The lowest BCUT2D eigenvalue weighted by Gasteiger charge is -2.29. The zero-order valence-electron chi connectivity index (χ0n) is 13.3. The highest BCUT2D eigenvalue weighted by molar-refractivity contribution is 5.78. The number of carbonyl (C=O) groups excluding carboxylic acids is 2. The van der Waals surface area contributed by atoms with Gasteiger partial charge in [0.15, 0.2) is 0 Å². The largest absolute Gasteiger partial charge is 0.469 e. The predicted molar refractivity (Wildman–Crippen MR) is 84.3 cm³/mol. The summed E-state index contributed by atoms with van der Waals surface area (Å²) in [5.41, 5.74) is 1.10. The van der Waals surface area contributed by atoms with Crippen molar-refractivity contribution >= 4 is 11.9 Å². The van der Waals surface area contributed by atoms with E-state index in [1.54, 1.807) is 4.90 Å². The normalized spacial score (nSPS) is 11.8. The fourth-order valence-corrected chi connectivity index (χ4v) is 2.31. The number of rotatable bonds is 9. The van der Waals surface area contributed by atoms with E-state index in [9.17, 15) is 14.7 Å². The lowest BCUT2D eigenvalue weighted by Crippen LogP contribution is -2.43. The third-order valence-corrected chi connectivity index (χ3v) is 3.70. The molecule has 0 heterocycles. The summed E-state index contributed by atoms with van der Waals surface area (Å²) >= 11 is 0. The molecule has 0 bridgehead atoms. The molecule has 0 fully saturated rings. The molecule has 1 atom stereocenters. The molecule has 1 N–H and O–H groups in total. The summed E-state index contributed by atoms with van der Waals surface area (Å²) in [7, 11) is 1.33. The average molecular weight is 307 g/mol. The van der Waals surface area contributed by atoms with Gasteiger partial charge in [-0.15, -0.1) is 0 Å². The van der Waals surface area contributed by atoms with Gasteiger partial charge in [-0.05, 0) is 18.4 Å². The number of benzene rings is 1. The van der Waals surface area contributed by atoms with Crippen LogP contribution in [0.2, 0.25) is 0 Å². The number of ether oxygens (including phenoxy) is 1. The predicted octanol–water partition coefficient (Wildman–Crippen LogP) is 1.78. The molecule has 0 spiro atoms. The summed E-state index contributed by atoms with van der Waals surface area (Å²) in [4.78, 5) is 25.3. The van der Waals surface area contributed by atoms with Crippen LogP contribution in [0.3, 0.4) is 0 Å². The fraction of sp³-hybridized carbons (Fsp3) is 0.529. The molecule has 0 saturated carbocycles. The van der Waals surface area contributed by atoms with Crippen LogP contribution in [-0.4, -0.2) is 48.2 Å². The molecule has 22 heavy (non-hydrogen) atoms. The van der Waals surface area contributed by atoms with Gasteiger partial charge in [0.1, 0.15) is 0 Å². The van der Waals surface area contributed by atoms with E-state index in [0.717, 1.165) is 5.56 Å². The maximum absolute atomic E-state index is 12.4. The van der Waals surface area contributed by atoms with E-state index in [2.05, 4.69) is 4.74 Å². The molecule has 0 aliphatic rings. The molecule has 1 aromatic carbocycles. The lowest BCUT2D eigenvalue weighted by atomic mass is 10.1. The second kappa shape index (κ2) is 9.95. The van der Waals surface area contributed by atoms with E-state index in [-0.39, 0.29) is 37.5 Å². The van der Waals surface area contributed by atoms with Crippen LogP contribution in [-0.2, 0) is 20.7 Å². The zero-order chi connectivity index (χ0) is 16.4. The Labute approximate surface area is 131 Å². The van der Waals surface area contributed by atoms with Gasteiger partial charge in [-0.1, -0.05) is 37.3 Å². The summed E-state index contributed by atoms with van der Waals surface area (Å²) in [6, 6.07) is 9.53. The van der Waals surface area contributed by atoms with Crippen LogP contribution in [0, 0.1) is 0 Å². The first kappa shape index (κ1) is 18.2. The Bertz CT molecular complexity index is 457. The Morgan fingerprint density at radius 3 is 2.45 bits per heavy atom. The highest BCUT2D eigenvalue weighted by Crippen LogP contribution is 2.11. The topological polar surface area (TPSA) is 66.8 Å². The molecule has 1 rings (SSSR count). The van der Waals surface area contributed by atoms with Crippen molar-refractivity contribution in [1.82, 2.24) is 4.90 Å². The van der Waals surface area contributed by atoms with Gasteiger partial charge in [-0.3, -0.25) is 9.59 Å². The lowest BCUT2D eigenvalue weighted by molar-refractivity contribution is -0.142. The number of aliphatic hydroxyl groups is 1. The number of methoxy groups -OCH3 is 1. The van der Waals surface area contributed by atoms with Gasteiger partial charge in [-0.2, -0.15) is 0 Å². The standard InChI is InChI=1S/C17H25NO4/c1-3-15(13-19)18(12-11-17(21)22-2)16(20)10-9-14-7-5-4-6-8-14/h4-8,15,19H,3,9-13H2,1-2H3. The van der Waals surface area contributed by atoms with Gasteiger partial charge in [0.05, 0.1) is 26.2 Å². The third kappa shape index (κ3) is 5.85. The molecular weight excluding hydrogens is 282 g/mol. The molecular formula is C17H25NO4. The van der Waals surface area contributed by atoms with Crippen LogP contribution in [0.1, 0.15) is 31.7 Å². The maximum atomic E-state index is 12.4. The van der Waals surface area contributed by atoms with Crippen molar-refractivity contribution in [2.75, 3.05) is 20.3 Å². The summed E-state index contributed by atoms with van der Waals surface area (Å²) in [5.74, 6) is -0.401. The highest BCUT2D eigenvalue weighted by Gasteiger charge is 2.22. The van der Waals surface area contributed by atoms with Crippen molar-refractivity contribution in [3.8, 4) is 0 Å². The van der Waals surface area contributed by atoms with Crippen molar-refractivity contribution in [2.24, 2.45) is 0 Å². The number of esters is 1. The van der Waals surface area contributed by atoms with E-state index in [1.165, 1.54) is 7.11 Å². The number of hydrogen-bond donors (Lipinski definition) is 1. The Morgan fingerprint density at radius 1 is 1.23 bits per heavy atom. The highest BCUT2D eigenvalue weighted by atomic mass is 16.5. The number of amides is 1. The SMILES string of the molecule is CCC(CO)N(CCC(=O)OC)C(=O)CCc1ccccc1. The minimum absolute atomic E-state index is 0.0475. The van der Waals surface area contributed by atoms with Crippen molar-refractivity contribution in [1.29, 1.82) is 0 Å². The van der Waals surface area contributed by atoms with E-state index < -0.39 is 0 Å². The van der Waals surface area contributed by atoms with Crippen molar-refractivity contribution in [2.45, 2.75) is 38.6 Å². The number of nitrogens with zero attached hydrogens (tertiary/aromatic N) is 1. The monoisotopic (exact) mass is 307 g/mol. The molecule has 122 valence electrons. The van der Waals surface area contributed by atoms with Crippen LogP contribution in [0.15, 0.2) is 30.3 Å². The Morgan fingerprint density at radius 2 is 1.91 bits per heavy atom. The first-order valence-corrected chi connectivity index (χ1v) is 7.63. The summed E-state index contributed by atoms with van der Waals surface area (Å²) in [5, 5.41) is 9.44. The molecule has 1 aromatic rings.